The van der Waals surface area contributed by atoms with E-state index in [9.17, 15) is 9.59 Å². The molecule has 7 nitrogen and oxygen atoms in total. The Labute approximate surface area is 165 Å². The summed E-state index contributed by atoms with van der Waals surface area (Å²) in [6.45, 7) is 2.31. The number of aromatic nitrogens is 1. The Morgan fingerprint density at radius 3 is 2.93 bits per heavy atom. The summed E-state index contributed by atoms with van der Waals surface area (Å²) in [6.07, 6.45) is 3.73. The minimum atomic E-state index is -0.324. The zero-order valence-corrected chi connectivity index (χ0v) is 16.3. The zero-order valence-electron chi connectivity index (χ0n) is 16.3. The number of nitrogens with one attached hydrogen (secondary N) is 1. The van der Waals surface area contributed by atoms with Gasteiger partial charge in [-0.2, -0.15) is 0 Å². The molecule has 1 aliphatic rings. The summed E-state index contributed by atoms with van der Waals surface area (Å²) in [4.78, 5) is 32.6. The molecule has 1 saturated heterocycles. The number of benzene rings is 1. The largest absolute Gasteiger partial charge is 0.489 e. The summed E-state index contributed by atoms with van der Waals surface area (Å²) in [5, 5.41) is 2.91. The number of pyridine rings is 1. The summed E-state index contributed by atoms with van der Waals surface area (Å²) >= 11 is 0. The lowest BCUT2D eigenvalue weighted by Gasteiger charge is -2.19. The molecular weight excluding hydrogens is 356 g/mol. The third-order valence-corrected chi connectivity index (χ3v) is 4.63. The molecule has 0 bridgehead atoms. The highest BCUT2D eigenvalue weighted by atomic mass is 16.5. The molecule has 0 aliphatic carbocycles. The summed E-state index contributed by atoms with van der Waals surface area (Å²) in [7, 11) is 3.93. The lowest BCUT2D eigenvalue weighted by atomic mass is 10.1. The Bertz CT molecular complexity index is 810. The molecule has 3 rings (SSSR count). The van der Waals surface area contributed by atoms with Crippen LogP contribution in [0.2, 0.25) is 0 Å². The number of nitrogens with zero attached hydrogens (tertiary/aromatic N) is 3. The van der Waals surface area contributed by atoms with E-state index in [4.69, 9.17) is 4.74 Å². The first-order chi connectivity index (χ1) is 13.5. The van der Waals surface area contributed by atoms with Crippen LogP contribution in [0.1, 0.15) is 12.0 Å². The highest BCUT2D eigenvalue weighted by Crippen LogP contribution is 2.22. The second-order valence-electron chi connectivity index (χ2n) is 7.21. The van der Waals surface area contributed by atoms with Crippen LogP contribution in [-0.4, -0.2) is 60.3 Å². The minimum absolute atomic E-state index is 0.0376. The predicted octanol–water partition coefficient (Wildman–Crippen LogP) is 2.01. The fraction of sp³-hybridized carbons (Fsp3) is 0.381. The molecule has 1 aromatic heterocycles. The fourth-order valence-corrected chi connectivity index (χ4v) is 3.04. The summed E-state index contributed by atoms with van der Waals surface area (Å²) in [5.74, 6) is 0.243. The Morgan fingerprint density at radius 1 is 1.32 bits per heavy atom. The average molecular weight is 382 g/mol. The van der Waals surface area contributed by atoms with Crippen molar-refractivity contribution in [3.8, 4) is 5.75 Å². The number of hydrogen-bond donors (Lipinski definition) is 1. The van der Waals surface area contributed by atoms with Crippen molar-refractivity contribution in [1.82, 2.24) is 14.8 Å². The Morgan fingerprint density at radius 2 is 2.18 bits per heavy atom. The molecule has 148 valence electrons. The molecule has 1 aliphatic heterocycles. The monoisotopic (exact) mass is 382 g/mol. The van der Waals surface area contributed by atoms with Crippen molar-refractivity contribution < 1.29 is 14.3 Å². The van der Waals surface area contributed by atoms with Gasteiger partial charge < -0.3 is 19.9 Å². The van der Waals surface area contributed by atoms with Crippen molar-refractivity contribution in [3.63, 3.8) is 0 Å². The van der Waals surface area contributed by atoms with E-state index in [0.717, 1.165) is 12.1 Å². The van der Waals surface area contributed by atoms with E-state index >= 15 is 0 Å². The number of anilines is 1. The number of amides is 2. The van der Waals surface area contributed by atoms with E-state index in [2.05, 4.69) is 10.3 Å². The maximum Gasteiger partial charge on any atom is 0.229 e. The molecule has 1 aromatic carbocycles. The third-order valence-electron chi connectivity index (χ3n) is 4.63. The quantitative estimate of drug-likeness (QED) is 0.756. The number of likely N-dealkylation sites (tertiary alicyclic amines) is 1. The Hall–Kier alpha value is -2.93. The lowest BCUT2D eigenvalue weighted by molar-refractivity contribution is -0.128. The van der Waals surface area contributed by atoms with Crippen molar-refractivity contribution in [1.29, 1.82) is 0 Å². The van der Waals surface area contributed by atoms with Gasteiger partial charge in [-0.15, -0.1) is 0 Å². The number of carbonyl (C=O) groups is 2. The van der Waals surface area contributed by atoms with Crippen molar-refractivity contribution in [3.05, 3.63) is 54.4 Å². The molecule has 1 atom stereocenters. The highest BCUT2D eigenvalue weighted by molar-refractivity contribution is 5.97. The molecule has 0 radical (unpaired) electrons. The molecule has 1 N–H and O–H groups in total. The molecular formula is C21H26N4O3. The Balaban J connectivity index is 1.53. The smallest absolute Gasteiger partial charge is 0.229 e. The first-order valence-corrected chi connectivity index (χ1v) is 9.36. The van der Waals surface area contributed by atoms with Crippen LogP contribution in [0.15, 0.2) is 48.8 Å². The molecule has 0 spiro atoms. The predicted molar refractivity (Wildman–Crippen MR) is 107 cm³/mol. The van der Waals surface area contributed by atoms with Gasteiger partial charge in [-0.1, -0.05) is 12.1 Å². The van der Waals surface area contributed by atoms with Gasteiger partial charge in [0.1, 0.15) is 12.4 Å². The first-order valence-electron chi connectivity index (χ1n) is 9.36. The number of hydrogen-bond acceptors (Lipinski definition) is 5. The molecule has 1 fully saturated rings. The summed E-state index contributed by atoms with van der Waals surface area (Å²) in [6, 6.07) is 11.1. The van der Waals surface area contributed by atoms with Crippen molar-refractivity contribution in [2.24, 2.45) is 5.92 Å². The van der Waals surface area contributed by atoms with E-state index in [1.54, 1.807) is 23.4 Å². The third kappa shape index (κ3) is 5.53. The maximum atomic E-state index is 12.6. The van der Waals surface area contributed by atoms with Crippen LogP contribution in [-0.2, 0) is 16.2 Å². The van der Waals surface area contributed by atoms with Gasteiger partial charge in [0, 0.05) is 55.8 Å². The van der Waals surface area contributed by atoms with E-state index in [1.807, 2.05) is 49.3 Å². The van der Waals surface area contributed by atoms with Gasteiger partial charge in [0.25, 0.3) is 0 Å². The van der Waals surface area contributed by atoms with E-state index in [1.165, 1.54) is 0 Å². The second-order valence-corrected chi connectivity index (χ2v) is 7.21. The van der Waals surface area contributed by atoms with Gasteiger partial charge in [0.2, 0.25) is 11.8 Å². The van der Waals surface area contributed by atoms with Crippen LogP contribution in [0, 0.1) is 5.92 Å². The minimum Gasteiger partial charge on any atom is -0.489 e. The zero-order chi connectivity index (χ0) is 19.9. The van der Waals surface area contributed by atoms with Gasteiger partial charge >= 0.3 is 0 Å². The highest BCUT2D eigenvalue weighted by Gasteiger charge is 2.34. The van der Waals surface area contributed by atoms with Crippen LogP contribution in [0.25, 0.3) is 0 Å². The number of carbonyl (C=O) groups excluding carboxylic acids is 2. The standard InChI is InChI=1S/C21H26N4O3/c1-24(2)9-10-25-14-17(11-20(25)26)21(27)23-18-6-3-7-19(12-18)28-15-16-5-4-8-22-13-16/h3-8,12-13,17H,9-11,14-15H2,1-2H3,(H,23,27). The second kappa shape index (κ2) is 9.32. The molecule has 0 saturated carbocycles. The van der Waals surface area contributed by atoms with Crippen molar-refractivity contribution >= 4 is 17.5 Å². The number of ether oxygens (including phenoxy) is 1. The van der Waals surface area contributed by atoms with Gasteiger partial charge in [0.05, 0.1) is 5.92 Å². The summed E-state index contributed by atoms with van der Waals surface area (Å²) < 4.78 is 5.77. The van der Waals surface area contributed by atoms with E-state index in [0.29, 0.717) is 31.1 Å². The van der Waals surface area contributed by atoms with Crippen molar-refractivity contribution in [2.75, 3.05) is 39.0 Å². The van der Waals surface area contributed by atoms with Crippen LogP contribution >= 0.6 is 0 Å². The normalized spacial score (nSPS) is 16.5. The topological polar surface area (TPSA) is 74.8 Å². The molecule has 1 unspecified atom stereocenters. The van der Waals surface area contributed by atoms with Crippen LogP contribution < -0.4 is 10.1 Å². The Kier molecular flexibility index (Phi) is 6.60. The van der Waals surface area contributed by atoms with E-state index < -0.39 is 0 Å². The van der Waals surface area contributed by atoms with Gasteiger partial charge in [-0.05, 0) is 32.3 Å². The fourth-order valence-electron chi connectivity index (χ4n) is 3.04. The SMILES string of the molecule is CN(C)CCN1CC(C(=O)Nc2cccc(OCc3cccnc3)c2)CC1=O. The average Bonchev–Trinajstić information content (AvgIpc) is 3.07. The van der Waals surface area contributed by atoms with Crippen LogP contribution in [0.4, 0.5) is 5.69 Å². The van der Waals surface area contributed by atoms with Gasteiger partial charge in [-0.3, -0.25) is 14.6 Å². The first kappa shape index (κ1) is 19.8. The summed E-state index contributed by atoms with van der Waals surface area (Å²) in [5.41, 5.74) is 1.63. The van der Waals surface area contributed by atoms with Gasteiger partial charge in [-0.25, -0.2) is 0 Å². The number of likely N-dealkylation sites (N-methyl/N-ethyl adjacent to an activating group) is 1. The number of rotatable bonds is 8. The molecule has 2 amide bonds. The lowest BCUT2D eigenvalue weighted by Crippen LogP contribution is -2.33. The molecule has 28 heavy (non-hydrogen) atoms. The van der Waals surface area contributed by atoms with E-state index in [-0.39, 0.29) is 24.2 Å². The van der Waals surface area contributed by atoms with Crippen molar-refractivity contribution in [2.45, 2.75) is 13.0 Å². The van der Waals surface area contributed by atoms with Crippen LogP contribution in [0.3, 0.4) is 0 Å². The molecule has 2 heterocycles. The molecule has 7 heteroatoms. The van der Waals surface area contributed by atoms with Crippen LogP contribution in [0.5, 0.6) is 5.75 Å². The maximum absolute atomic E-state index is 12.6. The molecule has 2 aromatic rings. The van der Waals surface area contributed by atoms with Gasteiger partial charge in [0.15, 0.2) is 0 Å².